The van der Waals surface area contributed by atoms with Crippen molar-refractivity contribution < 1.29 is 8.78 Å². The Morgan fingerprint density at radius 3 is 2.57 bits per heavy atom. The van der Waals surface area contributed by atoms with Crippen LogP contribution < -0.4 is 11.2 Å². The first kappa shape index (κ1) is 9.11. The molecule has 0 aromatic carbocycles. The van der Waals surface area contributed by atoms with Crippen molar-refractivity contribution in [2.45, 2.75) is 24.8 Å². The second kappa shape index (κ2) is 2.76. The molecule has 0 saturated heterocycles. The molecule has 1 heterocycles. The first-order valence-corrected chi connectivity index (χ1v) is 4.17. The zero-order chi connectivity index (χ0) is 10.3. The van der Waals surface area contributed by atoms with Crippen molar-refractivity contribution in [3.8, 4) is 0 Å². The van der Waals surface area contributed by atoms with E-state index in [0.29, 0.717) is 0 Å². The highest BCUT2D eigenvalue weighted by atomic mass is 19.3. The number of alkyl halides is 2. The SMILES string of the molecule is O=c1ccn(C2CC(F)(F)C2)c(=O)[nH]1. The lowest BCUT2D eigenvalue weighted by molar-refractivity contribution is -0.105. The number of nitrogens with zero attached hydrogens (tertiary/aromatic N) is 1. The maximum Gasteiger partial charge on any atom is 0.328 e. The molecule has 1 aliphatic rings. The Bertz CT molecular complexity index is 455. The lowest BCUT2D eigenvalue weighted by Crippen LogP contribution is -2.42. The average molecular weight is 202 g/mol. The van der Waals surface area contributed by atoms with E-state index in [9.17, 15) is 18.4 Å². The first-order valence-electron chi connectivity index (χ1n) is 4.17. The second-order valence-electron chi connectivity index (χ2n) is 3.44. The molecule has 1 N–H and O–H groups in total. The lowest BCUT2D eigenvalue weighted by atomic mass is 9.88. The Hall–Kier alpha value is -1.46. The molecule has 1 fully saturated rings. The Labute approximate surface area is 77.2 Å². The van der Waals surface area contributed by atoms with E-state index in [1.54, 1.807) is 0 Å². The van der Waals surface area contributed by atoms with Gasteiger partial charge in [-0.3, -0.25) is 14.3 Å². The van der Waals surface area contributed by atoms with Gasteiger partial charge in [-0.2, -0.15) is 0 Å². The third kappa shape index (κ3) is 1.47. The third-order valence-electron chi connectivity index (χ3n) is 2.31. The van der Waals surface area contributed by atoms with E-state index >= 15 is 0 Å². The van der Waals surface area contributed by atoms with Gasteiger partial charge in [0.15, 0.2) is 0 Å². The van der Waals surface area contributed by atoms with Crippen molar-refractivity contribution in [3.63, 3.8) is 0 Å². The topological polar surface area (TPSA) is 54.9 Å². The van der Waals surface area contributed by atoms with E-state index in [1.165, 1.54) is 6.20 Å². The van der Waals surface area contributed by atoms with Gasteiger partial charge in [-0.05, 0) is 0 Å². The van der Waals surface area contributed by atoms with E-state index in [0.717, 1.165) is 10.6 Å². The highest BCUT2D eigenvalue weighted by Crippen LogP contribution is 2.44. The van der Waals surface area contributed by atoms with Gasteiger partial charge in [-0.15, -0.1) is 0 Å². The fourth-order valence-electron chi connectivity index (χ4n) is 1.54. The molecule has 0 amide bonds. The molecule has 0 unspecified atom stereocenters. The van der Waals surface area contributed by atoms with Crippen molar-refractivity contribution in [1.29, 1.82) is 0 Å². The van der Waals surface area contributed by atoms with Crippen molar-refractivity contribution in [3.05, 3.63) is 33.1 Å². The Morgan fingerprint density at radius 2 is 2.07 bits per heavy atom. The zero-order valence-corrected chi connectivity index (χ0v) is 7.17. The van der Waals surface area contributed by atoms with E-state index < -0.39 is 23.2 Å². The lowest BCUT2D eigenvalue weighted by Gasteiger charge is -2.35. The number of hydrogen-bond acceptors (Lipinski definition) is 2. The number of aromatic amines is 1. The molecule has 1 aromatic rings. The standard InChI is InChI=1S/C8H8F2N2O2/c9-8(10)3-5(4-8)12-2-1-6(13)11-7(12)14/h1-2,5H,3-4H2,(H,11,13,14). The minimum Gasteiger partial charge on any atom is -0.297 e. The van der Waals surface area contributed by atoms with Crippen LogP contribution in [0.5, 0.6) is 0 Å². The van der Waals surface area contributed by atoms with Crippen LogP contribution in [0.1, 0.15) is 18.9 Å². The van der Waals surface area contributed by atoms with Crippen molar-refractivity contribution in [2.75, 3.05) is 0 Å². The fourth-order valence-corrected chi connectivity index (χ4v) is 1.54. The van der Waals surface area contributed by atoms with Gasteiger partial charge >= 0.3 is 5.69 Å². The van der Waals surface area contributed by atoms with Gasteiger partial charge in [0.05, 0.1) is 0 Å². The van der Waals surface area contributed by atoms with Crippen LogP contribution in [0.15, 0.2) is 21.9 Å². The zero-order valence-electron chi connectivity index (χ0n) is 7.17. The molecule has 1 saturated carbocycles. The van der Waals surface area contributed by atoms with Crippen LogP contribution in [-0.2, 0) is 0 Å². The Kier molecular flexibility index (Phi) is 1.80. The van der Waals surface area contributed by atoms with Gasteiger partial charge < -0.3 is 0 Å². The summed E-state index contributed by atoms with van der Waals surface area (Å²) >= 11 is 0. The third-order valence-corrected chi connectivity index (χ3v) is 2.31. The summed E-state index contributed by atoms with van der Waals surface area (Å²) < 4.78 is 26.1. The summed E-state index contributed by atoms with van der Waals surface area (Å²) in [6.45, 7) is 0. The van der Waals surface area contributed by atoms with Crippen molar-refractivity contribution in [1.82, 2.24) is 9.55 Å². The molecule has 1 aliphatic carbocycles. The monoisotopic (exact) mass is 202 g/mol. The maximum atomic E-state index is 12.5. The predicted molar refractivity (Wildman–Crippen MR) is 44.5 cm³/mol. The molecule has 76 valence electrons. The summed E-state index contributed by atoms with van der Waals surface area (Å²) in [4.78, 5) is 23.9. The summed E-state index contributed by atoms with van der Waals surface area (Å²) in [5.41, 5.74) is -1.14. The largest absolute Gasteiger partial charge is 0.328 e. The second-order valence-corrected chi connectivity index (χ2v) is 3.44. The van der Waals surface area contributed by atoms with Crippen molar-refractivity contribution in [2.24, 2.45) is 0 Å². The predicted octanol–water partition coefficient (Wildman–Crippen LogP) is 0.507. The van der Waals surface area contributed by atoms with E-state index in [2.05, 4.69) is 0 Å². The minimum atomic E-state index is -2.67. The van der Waals surface area contributed by atoms with E-state index in [1.807, 2.05) is 4.98 Å². The van der Waals surface area contributed by atoms with Crippen LogP contribution >= 0.6 is 0 Å². The molecule has 6 heteroatoms. The smallest absolute Gasteiger partial charge is 0.297 e. The molecule has 0 atom stereocenters. The quantitative estimate of drug-likeness (QED) is 0.721. The highest BCUT2D eigenvalue weighted by molar-refractivity contribution is 4.94. The first-order chi connectivity index (χ1) is 6.48. The van der Waals surface area contributed by atoms with Gasteiger partial charge in [0.1, 0.15) is 0 Å². The number of aromatic nitrogens is 2. The highest BCUT2D eigenvalue weighted by Gasteiger charge is 2.46. The van der Waals surface area contributed by atoms with Crippen LogP contribution in [0.2, 0.25) is 0 Å². The molecular formula is C8H8F2N2O2. The number of rotatable bonds is 1. The molecule has 0 spiro atoms. The molecule has 4 nitrogen and oxygen atoms in total. The molecule has 0 bridgehead atoms. The van der Waals surface area contributed by atoms with Crippen LogP contribution in [0.25, 0.3) is 0 Å². The fraction of sp³-hybridized carbons (Fsp3) is 0.500. The maximum absolute atomic E-state index is 12.5. The molecular weight excluding hydrogens is 194 g/mol. The summed E-state index contributed by atoms with van der Waals surface area (Å²) in [7, 11) is 0. The summed E-state index contributed by atoms with van der Waals surface area (Å²) in [6.07, 6.45) is 0.582. The summed E-state index contributed by atoms with van der Waals surface area (Å²) in [6, 6.07) is 0.659. The van der Waals surface area contributed by atoms with Gasteiger partial charge in [-0.1, -0.05) is 0 Å². The van der Waals surface area contributed by atoms with Gasteiger partial charge in [-0.25, -0.2) is 13.6 Å². The Balaban J connectivity index is 2.28. The molecule has 0 aliphatic heterocycles. The number of halogens is 2. The van der Waals surface area contributed by atoms with Crippen LogP contribution in [-0.4, -0.2) is 15.5 Å². The van der Waals surface area contributed by atoms with Crippen LogP contribution in [0.3, 0.4) is 0 Å². The van der Waals surface area contributed by atoms with Crippen LogP contribution in [0, 0.1) is 0 Å². The number of H-pyrrole nitrogens is 1. The summed E-state index contributed by atoms with van der Waals surface area (Å²) in [5.74, 6) is -2.67. The molecule has 0 radical (unpaired) electrons. The van der Waals surface area contributed by atoms with E-state index in [-0.39, 0.29) is 12.8 Å². The molecule has 14 heavy (non-hydrogen) atoms. The summed E-state index contributed by atoms with van der Waals surface area (Å²) in [5, 5.41) is 0. The number of hydrogen-bond donors (Lipinski definition) is 1. The minimum absolute atomic E-state index is 0.334. The van der Waals surface area contributed by atoms with Crippen molar-refractivity contribution >= 4 is 0 Å². The normalized spacial score (nSPS) is 20.4. The van der Waals surface area contributed by atoms with Gasteiger partial charge in [0.2, 0.25) is 0 Å². The van der Waals surface area contributed by atoms with Gasteiger partial charge in [0, 0.05) is 31.1 Å². The van der Waals surface area contributed by atoms with Gasteiger partial charge in [0.25, 0.3) is 11.5 Å². The van der Waals surface area contributed by atoms with E-state index in [4.69, 9.17) is 0 Å². The molecule has 1 aromatic heterocycles. The van der Waals surface area contributed by atoms with Crippen LogP contribution in [0.4, 0.5) is 8.78 Å². The number of nitrogens with one attached hydrogen (secondary N) is 1. The Morgan fingerprint density at radius 1 is 1.43 bits per heavy atom. The average Bonchev–Trinajstić information content (AvgIpc) is 2.00. The molecule has 2 rings (SSSR count).